The number of rotatable bonds is 5. The average molecular weight is 345 g/mol. The third kappa shape index (κ3) is 3.88. The number of nitro benzene ring substituents is 1. The summed E-state index contributed by atoms with van der Waals surface area (Å²) in [6.07, 6.45) is 0.995. The first-order chi connectivity index (χ1) is 11.2. The van der Waals surface area contributed by atoms with Gasteiger partial charge in [0.1, 0.15) is 5.69 Å². The van der Waals surface area contributed by atoms with Crippen molar-refractivity contribution in [1.29, 1.82) is 5.26 Å². The lowest BCUT2D eigenvalue weighted by Gasteiger charge is -2.16. The molecule has 0 aliphatic rings. The summed E-state index contributed by atoms with van der Waals surface area (Å²) in [6.45, 7) is 1.80. The van der Waals surface area contributed by atoms with Gasteiger partial charge in [0.2, 0.25) is 0 Å². The topological polar surface area (TPSA) is 113 Å². The molecule has 0 aromatic heterocycles. The van der Waals surface area contributed by atoms with E-state index in [0.29, 0.717) is 5.56 Å². The minimum absolute atomic E-state index is 0.112. The van der Waals surface area contributed by atoms with Crippen LogP contribution in [-0.4, -0.2) is 19.6 Å². The second kappa shape index (κ2) is 6.68. The molecule has 0 fully saturated rings. The van der Waals surface area contributed by atoms with Gasteiger partial charge < -0.3 is 5.32 Å². The van der Waals surface area contributed by atoms with Gasteiger partial charge in [-0.05, 0) is 36.8 Å². The lowest BCUT2D eigenvalue weighted by molar-refractivity contribution is -0.384. The molecule has 0 amide bonds. The monoisotopic (exact) mass is 345 g/mol. The molecule has 2 aromatic carbocycles. The Labute approximate surface area is 139 Å². The second-order valence-electron chi connectivity index (χ2n) is 5.31. The quantitative estimate of drug-likeness (QED) is 0.658. The lowest BCUT2D eigenvalue weighted by atomic mass is 10.1. The molecule has 0 aliphatic carbocycles. The fourth-order valence-corrected chi connectivity index (χ4v) is 2.85. The Bertz CT molecular complexity index is 933. The molecule has 124 valence electrons. The van der Waals surface area contributed by atoms with E-state index >= 15 is 0 Å². The van der Waals surface area contributed by atoms with Crippen molar-refractivity contribution < 1.29 is 13.3 Å². The molecule has 0 saturated carbocycles. The van der Waals surface area contributed by atoms with E-state index in [4.69, 9.17) is 5.26 Å². The van der Waals surface area contributed by atoms with Gasteiger partial charge in [0.15, 0.2) is 9.84 Å². The van der Waals surface area contributed by atoms with Gasteiger partial charge in [0, 0.05) is 18.4 Å². The van der Waals surface area contributed by atoms with E-state index in [-0.39, 0.29) is 22.3 Å². The predicted molar refractivity (Wildman–Crippen MR) is 89.4 cm³/mol. The molecule has 0 heterocycles. The minimum Gasteiger partial charge on any atom is -0.373 e. The summed E-state index contributed by atoms with van der Waals surface area (Å²) in [7, 11) is -3.53. The van der Waals surface area contributed by atoms with Gasteiger partial charge in [-0.15, -0.1) is 0 Å². The van der Waals surface area contributed by atoms with Crippen molar-refractivity contribution in [3.8, 4) is 6.07 Å². The maximum Gasteiger partial charge on any atom is 0.293 e. The number of nitriles is 1. The van der Waals surface area contributed by atoms with Crippen molar-refractivity contribution in [2.24, 2.45) is 0 Å². The van der Waals surface area contributed by atoms with E-state index in [1.165, 1.54) is 12.1 Å². The van der Waals surface area contributed by atoms with E-state index in [1.54, 1.807) is 31.2 Å². The van der Waals surface area contributed by atoms with Crippen molar-refractivity contribution in [3.63, 3.8) is 0 Å². The molecular formula is C16H15N3O4S. The molecule has 2 rings (SSSR count). The lowest BCUT2D eigenvalue weighted by Crippen LogP contribution is -2.09. The first-order valence-corrected chi connectivity index (χ1v) is 8.86. The van der Waals surface area contributed by atoms with Gasteiger partial charge >= 0.3 is 0 Å². The number of hydrogen-bond acceptors (Lipinski definition) is 6. The zero-order chi connectivity index (χ0) is 17.9. The molecule has 1 atom stereocenters. The van der Waals surface area contributed by atoms with Crippen LogP contribution in [0.2, 0.25) is 0 Å². The van der Waals surface area contributed by atoms with Crippen LogP contribution in [-0.2, 0) is 9.84 Å². The summed E-state index contributed by atoms with van der Waals surface area (Å²) in [5.74, 6) is 0. The zero-order valence-electron chi connectivity index (χ0n) is 13.1. The second-order valence-corrected chi connectivity index (χ2v) is 7.33. The van der Waals surface area contributed by atoms with E-state index < -0.39 is 14.8 Å². The Morgan fingerprint density at radius 1 is 1.25 bits per heavy atom. The summed E-state index contributed by atoms with van der Waals surface area (Å²) in [4.78, 5) is 10.5. The number of anilines is 1. The third-order valence-electron chi connectivity index (χ3n) is 3.48. The largest absolute Gasteiger partial charge is 0.373 e. The highest BCUT2D eigenvalue weighted by Crippen LogP contribution is 2.30. The molecule has 0 saturated heterocycles. The Kier molecular flexibility index (Phi) is 4.85. The number of nitrogens with zero attached hydrogens (tertiary/aromatic N) is 2. The Morgan fingerprint density at radius 3 is 2.54 bits per heavy atom. The van der Waals surface area contributed by atoms with Crippen LogP contribution >= 0.6 is 0 Å². The molecule has 0 bridgehead atoms. The van der Waals surface area contributed by atoms with Crippen LogP contribution in [0.4, 0.5) is 11.4 Å². The smallest absolute Gasteiger partial charge is 0.293 e. The summed E-state index contributed by atoms with van der Waals surface area (Å²) in [5.41, 5.74) is 1.17. The van der Waals surface area contributed by atoms with Gasteiger partial charge in [-0.2, -0.15) is 5.26 Å². The molecular weight excluding hydrogens is 330 g/mol. The highest BCUT2D eigenvalue weighted by molar-refractivity contribution is 7.90. The first kappa shape index (κ1) is 17.4. The fraction of sp³-hybridized carbons (Fsp3) is 0.188. The number of nitro groups is 1. The number of sulfone groups is 1. The standard InChI is InChI=1S/C16H15N3O4S/c1-11(13-5-3-4-12(8-13)10-17)18-15-7-6-14(24(2,22)23)9-16(15)19(20)21/h3-9,11,18H,1-2H3. The SMILES string of the molecule is CC(Nc1ccc(S(C)(=O)=O)cc1[N+](=O)[O-])c1cccc(C#N)c1. The molecule has 8 heteroatoms. The van der Waals surface area contributed by atoms with E-state index in [2.05, 4.69) is 5.32 Å². The molecule has 0 radical (unpaired) electrons. The van der Waals surface area contributed by atoms with Gasteiger partial charge in [-0.25, -0.2) is 8.42 Å². The molecule has 24 heavy (non-hydrogen) atoms. The third-order valence-corrected chi connectivity index (χ3v) is 4.59. The summed E-state index contributed by atoms with van der Waals surface area (Å²) in [6, 6.07) is 12.4. The van der Waals surface area contributed by atoms with Crippen molar-refractivity contribution in [3.05, 3.63) is 63.7 Å². The highest BCUT2D eigenvalue weighted by atomic mass is 32.2. The summed E-state index contributed by atoms with van der Waals surface area (Å²) in [5, 5.41) is 23.2. The molecule has 1 N–H and O–H groups in total. The van der Waals surface area contributed by atoms with Crippen molar-refractivity contribution in [1.82, 2.24) is 0 Å². The zero-order valence-corrected chi connectivity index (χ0v) is 13.9. The van der Waals surface area contributed by atoms with Gasteiger partial charge in [-0.1, -0.05) is 12.1 Å². The molecule has 1 unspecified atom stereocenters. The van der Waals surface area contributed by atoms with Gasteiger partial charge in [0.05, 0.1) is 21.5 Å². The van der Waals surface area contributed by atoms with Crippen LogP contribution < -0.4 is 5.32 Å². The number of hydrogen-bond donors (Lipinski definition) is 1. The Morgan fingerprint density at radius 2 is 1.96 bits per heavy atom. The van der Waals surface area contributed by atoms with Crippen molar-refractivity contribution in [2.45, 2.75) is 17.9 Å². The fourth-order valence-electron chi connectivity index (χ4n) is 2.21. The van der Waals surface area contributed by atoms with Crippen LogP contribution in [0.15, 0.2) is 47.4 Å². The van der Waals surface area contributed by atoms with Crippen molar-refractivity contribution >= 4 is 21.2 Å². The van der Waals surface area contributed by atoms with E-state index in [9.17, 15) is 18.5 Å². The number of benzene rings is 2. The summed E-state index contributed by atoms with van der Waals surface area (Å²) >= 11 is 0. The average Bonchev–Trinajstić information content (AvgIpc) is 2.54. The molecule has 7 nitrogen and oxygen atoms in total. The number of nitrogens with one attached hydrogen (secondary N) is 1. The Hall–Kier alpha value is -2.92. The van der Waals surface area contributed by atoms with Gasteiger partial charge in [-0.3, -0.25) is 10.1 Å². The van der Waals surface area contributed by atoms with E-state index in [1.807, 2.05) is 6.07 Å². The van der Waals surface area contributed by atoms with Crippen LogP contribution in [0, 0.1) is 21.4 Å². The predicted octanol–water partition coefficient (Wildman–Crippen LogP) is 3.04. The maximum atomic E-state index is 11.6. The summed E-state index contributed by atoms with van der Waals surface area (Å²) < 4.78 is 23.1. The van der Waals surface area contributed by atoms with E-state index in [0.717, 1.165) is 17.9 Å². The van der Waals surface area contributed by atoms with Crippen LogP contribution in [0.5, 0.6) is 0 Å². The van der Waals surface area contributed by atoms with Crippen molar-refractivity contribution in [2.75, 3.05) is 11.6 Å². The highest BCUT2D eigenvalue weighted by Gasteiger charge is 2.20. The van der Waals surface area contributed by atoms with Crippen LogP contribution in [0.3, 0.4) is 0 Å². The Balaban J connectivity index is 2.38. The normalized spacial score (nSPS) is 12.2. The molecule has 0 spiro atoms. The molecule has 2 aromatic rings. The van der Waals surface area contributed by atoms with Crippen LogP contribution in [0.1, 0.15) is 24.1 Å². The maximum absolute atomic E-state index is 11.6. The van der Waals surface area contributed by atoms with Gasteiger partial charge in [0.25, 0.3) is 5.69 Å². The first-order valence-electron chi connectivity index (χ1n) is 6.97. The minimum atomic E-state index is -3.53. The molecule has 0 aliphatic heterocycles. The van der Waals surface area contributed by atoms with Crippen LogP contribution in [0.25, 0.3) is 0 Å².